The zero-order valence-corrected chi connectivity index (χ0v) is 14.4. The Kier molecular flexibility index (Phi) is 3.16. The van der Waals surface area contributed by atoms with Gasteiger partial charge in [-0.2, -0.15) is 0 Å². The van der Waals surface area contributed by atoms with Crippen LogP contribution in [0.5, 0.6) is 0 Å². The molecule has 0 aromatic carbocycles. The van der Waals surface area contributed by atoms with E-state index >= 15 is 0 Å². The van der Waals surface area contributed by atoms with Crippen molar-refractivity contribution in [2.24, 2.45) is 47.3 Å². The number of rotatable bonds is 3. The molecule has 0 aliphatic heterocycles. The van der Waals surface area contributed by atoms with Gasteiger partial charge in [0, 0.05) is 0 Å². The SMILES string of the molecule is CC1(OC(=O)C2C3CCC(C3)C2C(=O)O)C2CC3CC(C2)CC1C3. The Balaban J connectivity index is 1.37. The van der Waals surface area contributed by atoms with Gasteiger partial charge in [0.15, 0.2) is 0 Å². The van der Waals surface area contributed by atoms with Gasteiger partial charge in [-0.3, -0.25) is 9.59 Å². The molecule has 0 amide bonds. The van der Waals surface area contributed by atoms with E-state index in [0.717, 1.165) is 31.1 Å². The Morgan fingerprint density at radius 3 is 1.96 bits per heavy atom. The van der Waals surface area contributed by atoms with E-state index in [-0.39, 0.29) is 23.4 Å². The maximum absolute atomic E-state index is 13.1. The van der Waals surface area contributed by atoms with Gasteiger partial charge >= 0.3 is 11.9 Å². The summed E-state index contributed by atoms with van der Waals surface area (Å²) in [6.07, 6.45) is 9.08. The minimum atomic E-state index is -0.792. The van der Waals surface area contributed by atoms with E-state index in [1.807, 2.05) is 0 Å². The normalized spacial score (nSPS) is 54.2. The largest absolute Gasteiger partial charge is 0.481 e. The Hall–Kier alpha value is -1.06. The lowest BCUT2D eigenvalue weighted by Crippen LogP contribution is -2.58. The van der Waals surface area contributed by atoms with Crippen molar-refractivity contribution in [2.75, 3.05) is 0 Å². The van der Waals surface area contributed by atoms with E-state index < -0.39 is 17.8 Å². The molecule has 4 atom stereocenters. The number of ether oxygens (including phenoxy) is 1. The average Bonchev–Trinajstić information content (AvgIpc) is 3.13. The summed E-state index contributed by atoms with van der Waals surface area (Å²) in [5.74, 6) is 1.23. The van der Waals surface area contributed by atoms with E-state index in [1.165, 1.54) is 32.1 Å². The predicted octanol–water partition coefficient (Wildman–Crippen LogP) is 3.49. The molecule has 1 N–H and O–H groups in total. The Labute approximate surface area is 143 Å². The number of hydrogen-bond acceptors (Lipinski definition) is 3. The van der Waals surface area contributed by atoms with E-state index in [1.54, 1.807) is 0 Å². The standard InChI is InChI=1S/C20H28O4/c1-20(14-5-10-4-11(7-14)8-15(20)6-10)24-19(23)17-13-3-2-12(9-13)16(17)18(21)22/h10-17H,2-9H2,1H3,(H,21,22). The molecule has 6 aliphatic rings. The summed E-state index contributed by atoms with van der Waals surface area (Å²) in [5, 5.41) is 9.62. The van der Waals surface area contributed by atoms with Crippen molar-refractivity contribution in [1.29, 1.82) is 0 Å². The van der Waals surface area contributed by atoms with Crippen LogP contribution in [-0.2, 0) is 14.3 Å². The molecule has 0 saturated heterocycles. The second-order valence-corrected chi connectivity index (χ2v) is 9.63. The molecule has 24 heavy (non-hydrogen) atoms. The van der Waals surface area contributed by atoms with Crippen molar-refractivity contribution in [1.82, 2.24) is 0 Å². The van der Waals surface area contributed by atoms with Gasteiger partial charge in [-0.25, -0.2) is 0 Å². The Bertz CT molecular complexity index is 554. The predicted molar refractivity (Wildman–Crippen MR) is 87.0 cm³/mol. The van der Waals surface area contributed by atoms with Crippen LogP contribution < -0.4 is 0 Å². The zero-order valence-electron chi connectivity index (χ0n) is 14.4. The molecule has 6 aliphatic carbocycles. The molecule has 0 spiro atoms. The molecule has 4 nitrogen and oxygen atoms in total. The van der Waals surface area contributed by atoms with Crippen LogP contribution >= 0.6 is 0 Å². The van der Waals surface area contributed by atoms with Gasteiger partial charge in [-0.1, -0.05) is 0 Å². The molecule has 6 saturated carbocycles. The van der Waals surface area contributed by atoms with E-state index in [4.69, 9.17) is 4.74 Å². The van der Waals surface area contributed by atoms with Crippen molar-refractivity contribution in [3.63, 3.8) is 0 Å². The lowest BCUT2D eigenvalue weighted by molar-refractivity contribution is -0.210. The fourth-order valence-corrected chi connectivity index (χ4v) is 7.56. The zero-order chi connectivity index (χ0) is 16.6. The lowest BCUT2D eigenvalue weighted by Gasteiger charge is -2.59. The Morgan fingerprint density at radius 1 is 0.875 bits per heavy atom. The summed E-state index contributed by atoms with van der Waals surface area (Å²) in [5.41, 5.74) is -0.338. The molecule has 6 bridgehead atoms. The molecule has 4 heteroatoms. The Morgan fingerprint density at radius 2 is 1.42 bits per heavy atom. The number of hydrogen-bond donors (Lipinski definition) is 1. The second-order valence-electron chi connectivity index (χ2n) is 9.63. The first-order valence-corrected chi connectivity index (χ1v) is 9.91. The number of carbonyl (C=O) groups is 2. The van der Waals surface area contributed by atoms with Gasteiger partial charge in [-0.05, 0) is 93.8 Å². The molecule has 6 rings (SSSR count). The van der Waals surface area contributed by atoms with Crippen molar-refractivity contribution in [3.05, 3.63) is 0 Å². The number of carbonyl (C=O) groups excluding carboxylic acids is 1. The molecular weight excluding hydrogens is 304 g/mol. The molecule has 0 radical (unpaired) electrons. The van der Waals surface area contributed by atoms with Crippen LogP contribution in [-0.4, -0.2) is 22.6 Å². The molecule has 132 valence electrons. The molecule has 4 unspecified atom stereocenters. The number of aliphatic carboxylic acids is 1. The van der Waals surface area contributed by atoms with Crippen molar-refractivity contribution in [2.45, 2.75) is 63.9 Å². The first-order valence-electron chi connectivity index (χ1n) is 9.91. The number of carboxylic acid groups (broad SMARTS) is 1. The van der Waals surface area contributed by atoms with Crippen LogP contribution in [0.2, 0.25) is 0 Å². The monoisotopic (exact) mass is 332 g/mol. The van der Waals surface area contributed by atoms with Crippen LogP contribution in [0.4, 0.5) is 0 Å². The molecule has 0 aromatic heterocycles. The number of carboxylic acids is 1. The highest BCUT2D eigenvalue weighted by Gasteiger charge is 2.60. The van der Waals surface area contributed by atoms with Crippen LogP contribution in [0.3, 0.4) is 0 Å². The van der Waals surface area contributed by atoms with Crippen molar-refractivity contribution >= 4 is 11.9 Å². The lowest BCUT2D eigenvalue weighted by atomic mass is 9.50. The summed E-state index contributed by atoms with van der Waals surface area (Å²) < 4.78 is 6.23. The molecule has 0 aromatic rings. The van der Waals surface area contributed by atoms with Gasteiger partial charge in [0.2, 0.25) is 0 Å². The minimum Gasteiger partial charge on any atom is -0.481 e. The summed E-state index contributed by atoms with van der Waals surface area (Å²) >= 11 is 0. The second kappa shape index (κ2) is 4.98. The maximum Gasteiger partial charge on any atom is 0.310 e. The summed E-state index contributed by atoms with van der Waals surface area (Å²) in [4.78, 5) is 24.8. The molecular formula is C20H28O4. The smallest absolute Gasteiger partial charge is 0.310 e. The van der Waals surface area contributed by atoms with Gasteiger partial charge in [-0.15, -0.1) is 0 Å². The topological polar surface area (TPSA) is 63.6 Å². The third kappa shape index (κ3) is 1.97. The fourth-order valence-electron chi connectivity index (χ4n) is 7.56. The summed E-state index contributed by atoms with van der Waals surface area (Å²) in [6, 6.07) is 0. The average molecular weight is 332 g/mol. The van der Waals surface area contributed by atoms with Crippen LogP contribution in [0.25, 0.3) is 0 Å². The highest BCUT2D eigenvalue weighted by Crippen LogP contribution is 2.60. The third-order valence-corrected chi connectivity index (χ3v) is 8.55. The summed E-state index contributed by atoms with van der Waals surface area (Å²) in [7, 11) is 0. The van der Waals surface area contributed by atoms with Crippen molar-refractivity contribution < 1.29 is 19.4 Å². The van der Waals surface area contributed by atoms with Gasteiger partial charge in [0.05, 0.1) is 11.8 Å². The van der Waals surface area contributed by atoms with Gasteiger partial charge < -0.3 is 9.84 Å². The first kappa shape index (κ1) is 15.2. The van der Waals surface area contributed by atoms with E-state index in [0.29, 0.717) is 11.8 Å². The van der Waals surface area contributed by atoms with Crippen LogP contribution in [0, 0.1) is 47.3 Å². The van der Waals surface area contributed by atoms with Crippen LogP contribution in [0.15, 0.2) is 0 Å². The number of esters is 1. The highest BCUT2D eigenvalue weighted by molar-refractivity contribution is 5.83. The van der Waals surface area contributed by atoms with Gasteiger partial charge in [0.25, 0.3) is 0 Å². The number of fused-ring (bicyclic) bond motifs is 2. The molecule has 6 fully saturated rings. The minimum absolute atomic E-state index is 0.190. The summed E-state index contributed by atoms with van der Waals surface area (Å²) in [6.45, 7) is 2.15. The first-order chi connectivity index (χ1) is 11.5. The fraction of sp³-hybridized carbons (Fsp3) is 0.900. The highest BCUT2D eigenvalue weighted by atomic mass is 16.6. The molecule has 0 heterocycles. The quantitative estimate of drug-likeness (QED) is 0.804. The van der Waals surface area contributed by atoms with Crippen LogP contribution in [0.1, 0.15) is 58.3 Å². The van der Waals surface area contributed by atoms with E-state index in [9.17, 15) is 14.7 Å². The maximum atomic E-state index is 13.1. The van der Waals surface area contributed by atoms with E-state index in [2.05, 4.69) is 6.92 Å². The van der Waals surface area contributed by atoms with Crippen molar-refractivity contribution in [3.8, 4) is 0 Å². The van der Waals surface area contributed by atoms with Gasteiger partial charge in [0.1, 0.15) is 5.60 Å². The third-order valence-electron chi connectivity index (χ3n) is 8.55.